The maximum Gasteiger partial charge on any atom is 0.0438 e. The first-order chi connectivity index (χ1) is 6.63. The van der Waals surface area contributed by atoms with Gasteiger partial charge in [-0.15, -0.1) is 0 Å². The zero-order valence-electron chi connectivity index (χ0n) is 10.5. The van der Waals surface area contributed by atoms with Gasteiger partial charge in [0.1, 0.15) is 0 Å². The van der Waals surface area contributed by atoms with Crippen molar-refractivity contribution in [3.63, 3.8) is 0 Å². The van der Waals surface area contributed by atoms with Gasteiger partial charge in [-0.25, -0.2) is 0 Å². The Morgan fingerprint density at radius 1 is 0.786 bits per heavy atom. The van der Waals surface area contributed by atoms with Gasteiger partial charge in [-0.1, -0.05) is 45.4 Å². The molecular formula is C13H23Cl. The van der Waals surface area contributed by atoms with Crippen molar-refractivity contribution in [2.24, 2.45) is 0 Å². The van der Waals surface area contributed by atoms with Crippen molar-refractivity contribution >= 4 is 11.6 Å². The quantitative estimate of drug-likeness (QED) is 0.549. The third-order valence-corrected chi connectivity index (χ3v) is 2.40. The van der Waals surface area contributed by atoms with Crippen molar-refractivity contribution in [3.8, 4) is 0 Å². The number of aryl methyl sites for hydroxylation is 1. The van der Waals surface area contributed by atoms with Crippen molar-refractivity contribution in [1.29, 1.82) is 0 Å². The second kappa shape index (κ2) is 9.08. The lowest BCUT2D eigenvalue weighted by atomic mass is 10.1. The van der Waals surface area contributed by atoms with Crippen LogP contribution >= 0.6 is 11.6 Å². The number of rotatable bonds is 0. The molecule has 0 N–H and O–H groups in total. The van der Waals surface area contributed by atoms with Crippen molar-refractivity contribution < 1.29 is 0 Å². The normalized spacial score (nSPS) is 8.00. The van der Waals surface area contributed by atoms with E-state index in [9.17, 15) is 0 Å². The molecule has 0 heterocycles. The van der Waals surface area contributed by atoms with Gasteiger partial charge in [0.2, 0.25) is 0 Å². The second-order valence-corrected chi connectivity index (χ2v) is 3.02. The van der Waals surface area contributed by atoms with E-state index >= 15 is 0 Å². The van der Waals surface area contributed by atoms with Crippen LogP contribution < -0.4 is 0 Å². The van der Waals surface area contributed by atoms with Gasteiger partial charge < -0.3 is 0 Å². The molecule has 0 saturated carbocycles. The Morgan fingerprint density at radius 2 is 1.21 bits per heavy atom. The van der Waals surface area contributed by atoms with E-state index in [1.54, 1.807) is 0 Å². The van der Waals surface area contributed by atoms with Crippen LogP contribution in [0.1, 0.15) is 44.4 Å². The lowest BCUT2D eigenvalue weighted by Crippen LogP contribution is -1.85. The van der Waals surface area contributed by atoms with E-state index in [1.165, 1.54) is 16.7 Å². The summed E-state index contributed by atoms with van der Waals surface area (Å²) in [7, 11) is 0. The Kier molecular flexibility index (Phi) is 10.4. The maximum absolute atomic E-state index is 5.89. The first-order valence-corrected chi connectivity index (χ1v) is 5.73. The second-order valence-electron chi connectivity index (χ2n) is 2.61. The summed E-state index contributed by atoms with van der Waals surface area (Å²) >= 11 is 5.89. The summed E-state index contributed by atoms with van der Waals surface area (Å²) in [5.41, 5.74) is 3.80. The van der Waals surface area contributed by atoms with Crippen molar-refractivity contribution in [2.75, 3.05) is 0 Å². The topological polar surface area (TPSA) is 0 Å². The van der Waals surface area contributed by atoms with Gasteiger partial charge in [0, 0.05) is 5.02 Å². The van der Waals surface area contributed by atoms with Crippen LogP contribution in [0.15, 0.2) is 12.1 Å². The molecule has 1 aromatic carbocycles. The molecule has 0 unspecified atom stereocenters. The van der Waals surface area contributed by atoms with Crippen LogP contribution in [0.25, 0.3) is 0 Å². The first-order valence-electron chi connectivity index (χ1n) is 5.35. The summed E-state index contributed by atoms with van der Waals surface area (Å²) in [6.45, 7) is 14.2. The van der Waals surface area contributed by atoms with Crippen molar-refractivity contribution in [2.45, 2.75) is 48.5 Å². The number of hydrogen-bond donors (Lipinski definition) is 0. The fraction of sp³-hybridized carbons (Fsp3) is 0.538. The highest BCUT2D eigenvalue weighted by Crippen LogP contribution is 2.20. The van der Waals surface area contributed by atoms with Gasteiger partial charge in [0.15, 0.2) is 0 Å². The van der Waals surface area contributed by atoms with E-state index in [-0.39, 0.29) is 0 Å². The number of hydrogen-bond acceptors (Lipinski definition) is 0. The van der Waals surface area contributed by atoms with Gasteiger partial charge >= 0.3 is 0 Å². The Hall–Kier alpha value is -0.490. The first kappa shape index (κ1) is 16.0. The SMILES string of the molecule is CC.CC.Cc1ccc(Cl)c(C)c1C. The van der Waals surface area contributed by atoms with Crippen LogP contribution in [-0.2, 0) is 0 Å². The zero-order chi connectivity index (χ0) is 11.7. The van der Waals surface area contributed by atoms with Crippen LogP contribution in [-0.4, -0.2) is 0 Å². The molecule has 0 atom stereocenters. The number of halogens is 1. The standard InChI is InChI=1S/C9H11Cl.2C2H6/c1-6-4-5-9(10)8(3)7(6)2;2*1-2/h4-5H,1-3H3;2*1-2H3. The molecule has 1 rings (SSSR count). The molecule has 14 heavy (non-hydrogen) atoms. The van der Waals surface area contributed by atoms with Crippen LogP contribution in [0.5, 0.6) is 0 Å². The lowest BCUT2D eigenvalue weighted by molar-refractivity contribution is 1.27. The molecule has 0 spiro atoms. The molecule has 1 aromatic rings. The predicted molar refractivity (Wildman–Crippen MR) is 68.4 cm³/mol. The van der Waals surface area contributed by atoms with Gasteiger partial charge in [-0.2, -0.15) is 0 Å². The molecule has 0 fully saturated rings. The highest BCUT2D eigenvalue weighted by atomic mass is 35.5. The van der Waals surface area contributed by atoms with Crippen molar-refractivity contribution in [1.82, 2.24) is 0 Å². The minimum absolute atomic E-state index is 0.864. The van der Waals surface area contributed by atoms with E-state index in [4.69, 9.17) is 11.6 Å². The lowest BCUT2D eigenvalue weighted by Gasteiger charge is -2.04. The molecule has 0 aliphatic heterocycles. The summed E-state index contributed by atoms with van der Waals surface area (Å²) in [6, 6.07) is 3.99. The molecule has 0 amide bonds. The highest BCUT2D eigenvalue weighted by Gasteiger charge is 1.99. The summed E-state index contributed by atoms with van der Waals surface area (Å²) in [4.78, 5) is 0. The summed E-state index contributed by atoms with van der Waals surface area (Å²) in [5, 5.41) is 0.864. The summed E-state index contributed by atoms with van der Waals surface area (Å²) in [6.07, 6.45) is 0. The smallest absolute Gasteiger partial charge is 0.0438 e. The van der Waals surface area contributed by atoms with Gasteiger partial charge in [-0.3, -0.25) is 0 Å². The molecule has 0 saturated heterocycles. The third-order valence-electron chi connectivity index (χ3n) is 1.99. The van der Waals surface area contributed by atoms with E-state index in [0.717, 1.165) is 5.02 Å². The monoisotopic (exact) mass is 214 g/mol. The highest BCUT2D eigenvalue weighted by molar-refractivity contribution is 6.31. The summed E-state index contributed by atoms with van der Waals surface area (Å²) in [5.74, 6) is 0. The third kappa shape index (κ3) is 4.66. The molecule has 0 nitrogen and oxygen atoms in total. The average Bonchev–Trinajstić information content (AvgIpc) is 2.26. The predicted octanol–water partition coefficient (Wildman–Crippen LogP) is 5.32. The molecule has 0 radical (unpaired) electrons. The van der Waals surface area contributed by atoms with Crippen LogP contribution in [0.2, 0.25) is 5.02 Å². The van der Waals surface area contributed by atoms with E-state index < -0.39 is 0 Å². The largest absolute Gasteiger partial charge is 0.0840 e. The van der Waals surface area contributed by atoms with E-state index in [2.05, 4.69) is 13.8 Å². The molecule has 0 aliphatic carbocycles. The van der Waals surface area contributed by atoms with Crippen LogP contribution in [0.3, 0.4) is 0 Å². The average molecular weight is 215 g/mol. The van der Waals surface area contributed by atoms with E-state index in [1.807, 2.05) is 46.8 Å². The summed E-state index contributed by atoms with van der Waals surface area (Å²) < 4.78 is 0. The molecular weight excluding hydrogens is 192 g/mol. The molecule has 0 bridgehead atoms. The fourth-order valence-electron chi connectivity index (χ4n) is 0.923. The number of benzene rings is 1. The molecule has 0 aromatic heterocycles. The van der Waals surface area contributed by atoms with Gasteiger partial charge in [-0.05, 0) is 43.5 Å². The van der Waals surface area contributed by atoms with Gasteiger partial charge in [0.05, 0.1) is 0 Å². The minimum Gasteiger partial charge on any atom is -0.0840 e. The minimum atomic E-state index is 0.864. The van der Waals surface area contributed by atoms with Crippen LogP contribution in [0, 0.1) is 20.8 Å². The Bertz CT molecular complexity index is 225. The molecule has 82 valence electrons. The molecule has 1 heteroatoms. The van der Waals surface area contributed by atoms with Crippen LogP contribution in [0.4, 0.5) is 0 Å². The Morgan fingerprint density at radius 3 is 1.57 bits per heavy atom. The zero-order valence-corrected chi connectivity index (χ0v) is 11.3. The Labute approximate surface area is 94.3 Å². The maximum atomic E-state index is 5.89. The Balaban J connectivity index is 0. The van der Waals surface area contributed by atoms with Gasteiger partial charge in [0.25, 0.3) is 0 Å². The fourth-order valence-corrected chi connectivity index (χ4v) is 1.13. The van der Waals surface area contributed by atoms with E-state index in [0.29, 0.717) is 0 Å². The molecule has 0 aliphatic rings. The van der Waals surface area contributed by atoms with Crippen molar-refractivity contribution in [3.05, 3.63) is 33.8 Å².